The molecule has 1 aliphatic carbocycles. The average Bonchev–Trinajstić information content (AvgIpc) is 2.82. The highest BCUT2D eigenvalue weighted by molar-refractivity contribution is 6.07. The number of carbonyl (C=O) groups excluding carboxylic acids is 2. The van der Waals surface area contributed by atoms with Crippen molar-refractivity contribution in [1.82, 2.24) is 19.6 Å². The van der Waals surface area contributed by atoms with Crippen molar-refractivity contribution in [1.29, 1.82) is 0 Å². The van der Waals surface area contributed by atoms with Gasteiger partial charge < -0.3 is 5.32 Å². The van der Waals surface area contributed by atoms with Gasteiger partial charge in [-0.2, -0.15) is 0 Å². The summed E-state index contributed by atoms with van der Waals surface area (Å²) < 4.78 is 1.45. The fourth-order valence-corrected chi connectivity index (χ4v) is 3.91. The van der Waals surface area contributed by atoms with Crippen molar-refractivity contribution in [3.05, 3.63) is 46.0 Å². The second-order valence-electron chi connectivity index (χ2n) is 7.60. The number of rotatable bonds is 2. The summed E-state index contributed by atoms with van der Waals surface area (Å²) in [5, 5.41) is 2.90. The van der Waals surface area contributed by atoms with E-state index in [-0.39, 0.29) is 18.0 Å². The maximum atomic E-state index is 12.9. The Hall–Kier alpha value is -2.70. The van der Waals surface area contributed by atoms with E-state index in [1.807, 2.05) is 13.0 Å². The van der Waals surface area contributed by atoms with Gasteiger partial charge in [-0.05, 0) is 56.2 Å². The molecular formula is C19H22N4O3. The van der Waals surface area contributed by atoms with E-state index in [1.165, 1.54) is 15.4 Å². The lowest BCUT2D eigenvalue weighted by Crippen LogP contribution is -2.49. The number of imide groups is 1. The van der Waals surface area contributed by atoms with Gasteiger partial charge >= 0.3 is 6.03 Å². The molecule has 0 radical (unpaired) electrons. The van der Waals surface area contributed by atoms with Crippen molar-refractivity contribution in [2.24, 2.45) is 5.92 Å². The van der Waals surface area contributed by atoms with Crippen LogP contribution in [0.5, 0.6) is 0 Å². The molecule has 1 spiro atoms. The summed E-state index contributed by atoms with van der Waals surface area (Å²) in [6, 6.07) is 4.63. The first kappa shape index (κ1) is 16.8. The molecule has 0 unspecified atom stereocenters. The van der Waals surface area contributed by atoms with E-state index in [2.05, 4.69) is 17.2 Å². The third-order valence-electron chi connectivity index (χ3n) is 5.57. The number of hydrogen-bond acceptors (Lipinski definition) is 4. The molecule has 3 heterocycles. The van der Waals surface area contributed by atoms with E-state index in [9.17, 15) is 14.4 Å². The quantitative estimate of drug-likeness (QED) is 0.836. The summed E-state index contributed by atoms with van der Waals surface area (Å²) in [7, 11) is 0. The molecule has 0 atom stereocenters. The van der Waals surface area contributed by atoms with E-state index < -0.39 is 11.6 Å². The number of pyridine rings is 1. The Balaban J connectivity index is 1.63. The largest absolute Gasteiger partial charge is 0.325 e. The van der Waals surface area contributed by atoms with E-state index in [4.69, 9.17) is 0 Å². The number of amides is 3. The van der Waals surface area contributed by atoms with Gasteiger partial charge in [-0.1, -0.05) is 6.92 Å². The maximum absolute atomic E-state index is 12.9. The number of nitrogens with one attached hydrogen (secondary N) is 1. The number of nitrogens with zero attached hydrogens (tertiary/aromatic N) is 3. The molecular weight excluding hydrogens is 332 g/mol. The molecule has 2 fully saturated rings. The van der Waals surface area contributed by atoms with Gasteiger partial charge in [0, 0.05) is 12.3 Å². The van der Waals surface area contributed by atoms with Gasteiger partial charge in [-0.25, -0.2) is 9.78 Å². The smallest absolute Gasteiger partial charge is 0.323 e. The number of hydrogen-bond donors (Lipinski definition) is 1. The fourth-order valence-electron chi connectivity index (χ4n) is 3.91. The molecule has 2 aromatic rings. The Kier molecular flexibility index (Phi) is 3.82. The first-order chi connectivity index (χ1) is 12.4. The van der Waals surface area contributed by atoms with E-state index in [0.29, 0.717) is 30.1 Å². The lowest BCUT2D eigenvalue weighted by atomic mass is 9.77. The van der Waals surface area contributed by atoms with Gasteiger partial charge in [-0.3, -0.25) is 18.9 Å². The first-order valence-corrected chi connectivity index (χ1v) is 9.01. The van der Waals surface area contributed by atoms with E-state index in [0.717, 1.165) is 18.4 Å². The zero-order valence-corrected chi connectivity index (χ0v) is 15.0. The van der Waals surface area contributed by atoms with Crippen LogP contribution in [0.2, 0.25) is 0 Å². The van der Waals surface area contributed by atoms with E-state index in [1.54, 1.807) is 12.3 Å². The molecule has 1 saturated carbocycles. The van der Waals surface area contributed by atoms with Crippen LogP contribution in [0.25, 0.3) is 5.65 Å². The third kappa shape index (κ3) is 2.67. The van der Waals surface area contributed by atoms with Crippen LogP contribution in [-0.4, -0.2) is 31.8 Å². The Labute approximate surface area is 151 Å². The van der Waals surface area contributed by atoms with Crippen molar-refractivity contribution in [3.8, 4) is 0 Å². The minimum Gasteiger partial charge on any atom is -0.323 e. The van der Waals surface area contributed by atoms with Gasteiger partial charge in [0.05, 0.1) is 12.2 Å². The number of aromatic nitrogens is 2. The van der Waals surface area contributed by atoms with E-state index >= 15 is 0 Å². The lowest BCUT2D eigenvalue weighted by molar-refractivity contribution is -0.133. The summed E-state index contributed by atoms with van der Waals surface area (Å²) >= 11 is 0. The molecule has 7 nitrogen and oxygen atoms in total. The summed E-state index contributed by atoms with van der Waals surface area (Å²) in [4.78, 5) is 43.3. The summed E-state index contributed by atoms with van der Waals surface area (Å²) in [6.07, 6.45) is 4.86. The molecule has 26 heavy (non-hydrogen) atoms. The van der Waals surface area contributed by atoms with Gasteiger partial charge in [-0.15, -0.1) is 0 Å². The van der Waals surface area contributed by atoms with Gasteiger partial charge in [0.1, 0.15) is 11.2 Å². The minimum atomic E-state index is -0.772. The van der Waals surface area contributed by atoms with Crippen LogP contribution >= 0.6 is 0 Å². The molecule has 1 aliphatic heterocycles. The minimum absolute atomic E-state index is 0.0155. The molecule has 3 amide bonds. The standard InChI is InChI=1S/C19H22N4O3/c1-12-3-6-19(7-4-12)17(25)23(18(26)21-19)11-14-10-16(24)22-8-5-13(2)9-15(22)20-14/h5,8-10,12H,3-4,6-7,11H2,1-2H3,(H,21,26). The van der Waals surface area contributed by atoms with Crippen molar-refractivity contribution in [3.63, 3.8) is 0 Å². The predicted octanol–water partition coefficient (Wildman–Crippen LogP) is 2.00. The van der Waals surface area contributed by atoms with Gasteiger partial charge in [0.25, 0.3) is 11.5 Å². The third-order valence-corrected chi connectivity index (χ3v) is 5.57. The van der Waals surface area contributed by atoms with Crippen LogP contribution in [0, 0.1) is 12.8 Å². The molecule has 0 bridgehead atoms. The zero-order chi connectivity index (χ0) is 18.5. The second-order valence-corrected chi connectivity index (χ2v) is 7.60. The average molecular weight is 354 g/mol. The van der Waals surface area contributed by atoms with Crippen LogP contribution in [0.15, 0.2) is 29.2 Å². The number of fused-ring (bicyclic) bond motifs is 1. The summed E-state index contributed by atoms with van der Waals surface area (Å²) in [6.45, 7) is 4.10. The van der Waals surface area contributed by atoms with Gasteiger partial charge in [0.15, 0.2) is 0 Å². The van der Waals surface area contributed by atoms with Crippen molar-refractivity contribution >= 4 is 17.6 Å². The maximum Gasteiger partial charge on any atom is 0.325 e. The lowest BCUT2D eigenvalue weighted by Gasteiger charge is -2.33. The number of urea groups is 1. The molecule has 1 N–H and O–H groups in total. The van der Waals surface area contributed by atoms with Crippen molar-refractivity contribution in [2.45, 2.75) is 51.6 Å². The Morgan fingerprint density at radius 1 is 1.23 bits per heavy atom. The first-order valence-electron chi connectivity index (χ1n) is 9.01. The van der Waals surface area contributed by atoms with Crippen LogP contribution in [0.1, 0.15) is 43.9 Å². The molecule has 7 heteroatoms. The molecule has 2 aromatic heterocycles. The SMILES string of the molecule is Cc1ccn2c(=O)cc(CN3C(=O)NC4(CCC(C)CC4)C3=O)nc2c1. The normalized spacial score (nSPS) is 25.9. The topological polar surface area (TPSA) is 83.8 Å². The fraction of sp³-hybridized carbons (Fsp3) is 0.474. The van der Waals surface area contributed by atoms with Gasteiger partial charge in [0.2, 0.25) is 0 Å². The van der Waals surface area contributed by atoms with Crippen molar-refractivity contribution < 1.29 is 9.59 Å². The Bertz CT molecular complexity index is 957. The highest BCUT2D eigenvalue weighted by atomic mass is 16.2. The Morgan fingerprint density at radius 2 is 1.96 bits per heavy atom. The molecule has 4 rings (SSSR count). The summed E-state index contributed by atoms with van der Waals surface area (Å²) in [5.74, 6) is 0.380. The Morgan fingerprint density at radius 3 is 2.69 bits per heavy atom. The number of carbonyl (C=O) groups is 2. The molecule has 1 saturated heterocycles. The van der Waals surface area contributed by atoms with Crippen LogP contribution in [0.4, 0.5) is 4.79 Å². The van der Waals surface area contributed by atoms with Crippen molar-refractivity contribution in [2.75, 3.05) is 0 Å². The zero-order valence-electron chi connectivity index (χ0n) is 15.0. The highest BCUT2D eigenvalue weighted by Gasteiger charge is 2.52. The molecule has 2 aliphatic rings. The van der Waals surface area contributed by atoms with Crippen LogP contribution in [0.3, 0.4) is 0 Å². The second kappa shape index (κ2) is 5.93. The van der Waals surface area contributed by atoms with Crippen LogP contribution < -0.4 is 10.9 Å². The number of aryl methyl sites for hydroxylation is 1. The van der Waals surface area contributed by atoms with Crippen LogP contribution in [-0.2, 0) is 11.3 Å². The molecule has 136 valence electrons. The monoisotopic (exact) mass is 354 g/mol. The highest BCUT2D eigenvalue weighted by Crippen LogP contribution is 2.36. The predicted molar refractivity (Wildman–Crippen MR) is 95.6 cm³/mol. The molecule has 0 aromatic carbocycles. The summed E-state index contributed by atoms with van der Waals surface area (Å²) in [5.41, 5.74) is 0.926.